The Morgan fingerprint density at radius 2 is 2.24 bits per heavy atom. The normalized spacial score (nSPS) is 12.6. The summed E-state index contributed by atoms with van der Waals surface area (Å²) in [6.07, 6.45) is 0. The Hall–Kier alpha value is -0.710. The standard InChI is InChI=1S/C13H13BrFNS/c1-2-16-13(9-6-7-17-8-9)12-10(14)4-3-5-11(12)15/h3-8,13,16H,2H2,1H3. The molecular formula is C13H13BrFNS. The van der Waals surface area contributed by atoms with Crippen LogP contribution in [-0.4, -0.2) is 6.54 Å². The van der Waals surface area contributed by atoms with Gasteiger partial charge >= 0.3 is 0 Å². The first-order valence-corrected chi connectivity index (χ1v) is 7.17. The average Bonchev–Trinajstić information content (AvgIpc) is 2.80. The number of benzene rings is 1. The van der Waals surface area contributed by atoms with Gasteiger partial charge in [-0.25, -0.2) is 4.39 Å². The summed E-state index contributed by atoms with van der Waals surface area (Å²) in [5.74, 6) is -0.184. The first-order valence-electron chi connectivity index (χ1n) is 5.43. The number of nitrogens with one attached hydrogen (secondary N) is 1. The average molecular weight is 314 g/mol. The molecule has 1 nitrogen and oxygen atoms in total. The first kappa shape index (κ1) is 12.7. The van der Waals surface area contributed by atoms with E-state index in [1.54, 1.807) is 17.4 Å². The highest BCUT2D eigenvalue weighted by molar-refractivity contribution is 9.10. The van der Waals surface area contributed by atoms with Gasteiger partial charge in [0.2, 0.25) is 0 Å². The molecule has 0 radical (unpaired) electrons. The Morgan fingerprint density at radius 3 is 2.82 bits per heavy atom. The van der Waals surface area contributed by atoms with Gasteiger partial charge in [-0.2, -0.15) is 11.3 Å². The fourth-order valence-electron chi connectivity index (χ4n) is 1.82. The fraction of sp³-hybridized carbons (Fsp3) is 0.231. The summed E-state index contributed by atoms with van der Waals surface area (Å²) in [6, 6.07) is 7.00. The molecule has 0 saturated heterocycles. The number of halogens is 2. The van der Waals surface area contributed by atoms with Gasteiger partial charge in [0, 0.05) is 10.0 Å². The van der Waals surface area contributed by atoms with Gasteiger partial charge in [-0.15, -0.1) is 0 Å². The van der Waals surface area contributed by atoms with Gasteiger partial charge in [-0.1, -0.05) is 28.9 Å². The van der Waals surface area contributed by atoms with Gasteiger partial charge in [0.25, 0.3) is 0 Å². The third-order valence-corrected chi connectivity index (χ3v) is 3.97. The highest BCUT2D eigenvalue weighted by atomic mass is 79.9. The highest BCUT2D eigenvalue weighted by Crippen LogP contribution is 2.31. The van der Waals surface area contributed by atoms with Crippen LogP contribution in [0.4, 0.5) is 4.39 Å². The number of hydrogen-bond donors (Lipinski definition) is 1. The van der Waals surface area contributed by atoms with E-state index in [1.165, 1.54) is 6.07 Å². The van der Waals surface area contributed by atoms with Crippen LogP contribution in [0.5, 0.6) is 0 Å². The van der Waals surface area contributed by atoms with Crippen molar-refractivity contribution in [2.75, 3.05) is 6.54 Å². The van der Waals surface area contributed by atoms with Gasteiger partial charge in [0.05, 0.1) is 6.04 Å². The molecule has 90 valence electrons. The second-order valence-electron chi connectivity index (χ2n) is 3.68. The molecule has 2 aromatic rings. The Balaban J connectivity index is 2.46. The van der Waals surface area contributed by atoms with Crippen LogP contribution >= 0.6 is 27.3 Å². The minimum atomic E-state index is -0.184. The zero-order valence-electron chi connectivity index (χ0n) is 9.41. The van der Waals surface area contributed by atoms with E-state index in [2.05, 4.69) is 21.2 Å². The van der Waals surface area contributed by atoms with Crippen molar-refractivity contribution >= 4 is 27.3 Å². The van der Waals surface area contributed by atoms with Crippen molar-refractivity contribution in [1.29, 1.82) is 0 Å². The maximum atomic E-state index is 13.9. The Morgan fingerprint density at radius 1 is 1.41 bits per heavy atom. The molecule has 1 N–H and O–H groups in total. The zero-order valence-corrected chi connectivity index (χ0v) is 11.8. The molecule has 1 atom stereocenters. The molecule has 0 bridgehead atoms. The predicted octanol–water partition coefficient (Wildman–Crippen LogP) is 4.35. The van der Waals surface area contributed by atoms with E-state index in [0.29, 0.717) is 5.56 Å². The molecule has 1 unspecified atom stereocenters. The van der Waals surface area contributed by atoms with E-state index < -0.39 is 0 Å². The molecule has 1 aromatic carbocycles. The molecule has 1 aromatic heterocycles. The molecular weight excluding hydrogens is 301 g/mol. The summed E-state index contributed by atoms with van der Waals surface area (Å²) in [5.41, 5.74) is 1.77. The second-order valence-corrected chi connectivity index (χ2v) is 5.32. The molecule has 2 rings (SSSR count). The smallest absolute Gasteiger partial charge is 0.129 e. The van der Waals surface area contributed by atoms with Gasteiger partial charge in [-0.3, -0.25) is 0 Å². The lowest BCUT2D eigenvalue weighted by Crippen LogP contribution is -2.23. The van der Waals surface area contributed by atoms with Crippen molar-refractivity contribution < 1.29 is 4.39 Å². The number of thiophene rings is 1. The van der Waals surface area contributed by atoms with Gasteiger partial charge in [-0.05, 0) is 41.1 Å². The topological polar surface area (TPSA) is 12.0 Å². The quantitative estimate of drug-likeness (QED) is 0.885. The molecule has 0 aliphatic rings. The molecule has 0 aliphatic heterocycles. The van der Waals surface area contributed by atoms with Crippen LogP contribution in [0.1, 0.15) is 24.1 Å². The molecule has 0 fully saturated rings. The van der Waals surface area contributed by atoms with E-state index in [9.17, 15) is 4.39 Å². The van der Waals surface area contributed by atoms with Crippen LogP contribution in [0.3, 0.4) is 0 Å². The molecule has 17 heavy (non-hydrogen) atoms. The molecule has 0 spiro atoms. The number of hydrogen-bond acceptors (Lipinski definition) is 2. The lowest BCUT2D eigenvalue weighted by molar-refractivity contribution is 0.557. The molecule has 0 amide bonds. The summed E-state index contributed by atoms with van der Waals surface area (Å²) < 4.78 is 14.7. The Labute approximate surface area is 113 Å². The summed E-state index contributed by atoms with van der Waals surface area (Å²) in [5, 5.41) is 7.38. The summed E-state index contributed by atoms with van der Waals surface area (Å²) in [4.78, 5) is 0. The van der Waals surface area contributed by atoms with Gasteiger partial charge < -0.3 is 5.32 Å². The largest absolute Gasteiger partial charge is 0.306 e. The first-order chi connectivity index (χ1) is 8.24. The second kappa shape index (κ2) is 5.76. The van der Waals surface area contributed by atoms with Gasteiger partial charge in [0.1, 0.15) is 5.82 Å². The van der Waals surface area contributed by atoms with Crippen molar-refractivity contribution in [3.05, 3.63) is 56.4 Å². The van der Waals surface area contributed by atoms with Crippen LogP contribution in [0.15, 0.2) is 39.5 Å². The van der Waals surface area contributed by atoms with E-state index in [-0.39, 0.29) is 11.9 Å². The van der Waals surface area contributed by atoms with Crippen LogP contribution < -0.4 is 5.32 Å². The molecule has 0 aliphatic carbocycles. The van der Waals surface area contributed by atoms with Crippen LogP contribution in [-0.2, 0) is 0 Å². The van der Waals surface area contributed by atoms with E-state index in [0.717, 1.165) is 16.6 Å². The minimum Gasteiger partial charge on any atom is -0.306 e. The third kappa shape index (κ3) is 2.76. The minimum absolute atomic E-state index is 0.0955. The van der Waals surface area contributed by atoms with E-state index in [1.807, 2.05) is 29.8 Å². The molecule has 1 heterocycles. The Kier molecular flexibility index (Phi) is 4.31. The van der Waals surface area contributed by atoms with Crippen molar-refractivity contribution in [2.24, 2.45) is 0 Å². The van der Waals surface area contributed by atoms with Crippen LogP contribution in [0.25, 0.3) is 0 Å². The van der Waals surface area contributed by atoms with Crippen LogP contribution in [0, 0.1) is 5.82 Å². The van der Waals surface area contributed by atoms with Crippen molar-refractivity contribution in [3.8, 4) is 0 Å². The van der Waals surface area contributed by atoms with Crippen LogP contribution in [0.2, 0.25) is 0 Å². The maximum Gasteiger partial charge on any atom is 0.129 e. The van der Waals surface area contributed by atoms with Crippen molar-refractivity contribution in [1.82, 2.24) is 5.32 Å². The summed E-state index contributed by atoms with van der Waals surface area (Å²) in [6.45, 7) is 2.81. The number of rotatable bonds is 4. The van der Waals surface area contributed by atoms with Gasteiger partial charge in [0.15, 0.2) is 0 Å². The summed E-state index contributed by atoms with van der Waals surface area (Å²) in [7, 11) is 0. The summed E-state index contributed by atoms with van der Waals surface area (Å²) >= 11 is 5.05. The highest BCUT2D eigenvalue weighted by Gasteiger charge is 2.19. The lowest BCUT2D eigenvalue weighted by atomic mass is 10.0. The third-order valence-electron chi connectivity index (χ3n) is 2.57. The SMILES string of the molecule is CCNC(c1ccsc1)c1c(F)cccc1Br. The lowest BCUT2D eigenvalue weighted by Gasteiger charge is -2.19. The molecule has 0 saturated carbocycles. The predicted molar refractivity (Wildman–Crippen MR) is 73.9 cm³/mol. The Bertz CT molecular complexity index is 464. The zero-order chi connectivity index (χ0) is 12.3. The monoisotopic (exact) mass is 313 g/mol. The van der Waals surface area contributed by atoms with E-state index in [4.69, 9.17) is 0 Å². The van der Waals surface area contributed by atoms with Crippen molar-refractivity contribution in [3.63, 3.8) is 0 Å². The maximum absolute atomic E-state index is 13.9. The van der Waals surface area contributed by atoms with E-state index >= 15 is 0 Å². The fourth-order valence-corrected chi connectivity index (χ4v) is 3.07. The van der Waals surface area contributed by atoms with Crippen molar-refractivity contribution in [2.45, 2.75) is 13.0 Å². The molecule has 4 heteroatoms.